The summed E-state index contributed by atoms with van der Waals surface area (Å²) >= 11 is 2.27. The fourth-order valence-corrected chi connectivity index (χ4v) is 4.99. The Bertz CT molecular complexity index is 1450. The van der Waals surface area contributed by atoms with Crippen LogP contribution in [0.25, 0.3) is 44.3 Å². The van der Waals surface area contributed by atoms with Crippen LogP contribution < -0.4 is 0 Å². The molecule has 0 fully saturated rings. The smallest absolute Gasteiger partial charge is 0.256 e. The predicted octanol–water partition coefficient (Wildman–Crippen LogP) is 9.70. The first-order valence-electron chi connectivity index (χ1n) is 10.5. The summed E-state index contributed by atoms with van der Waals surface area (Å²) in [5.74, 6) is 0. The van der Waals surface area contributed by atoms with Gasteiger partial charge in [-0.05, 0) is 69.9 Å². The molecule has 0 radical (unpaired) electrons. The van der Waals surface area contributed by atoms with Gasteiger partial charge in [0.05, 0.1) is 11.3 Å². The van der Waals surface area contributed by atoms with E-state index in [-0.39, 0.29) is 0 Å². The Morgan fingerprint density at radius 3 is 1.65 bits per heavy atom. The van der Waals surface area contributed by atoms with Gasteiger partial charge in [0.1, 0.15) is 0 Å². The lowest BCUT2D eigenvalue weighted by Crippen LogP contribution is -2.03. The molecule has 0 aliphatic heterocycles. The monoisotopic (exact) mass is 583 g/mol. The number of nitrogens with zero attached hydrogens (tertiary/aromatic N) is 1. The molecule has 0 saturated heterocycles. The van der Waals surface area contributed by atoms with E-state index in [2.05, 4.69) is 62.6 Å². The number of halogens is 4. The number of aromatic nitrogens is 1. The van der Waals surface area contributed by atoms with E-state index in [0.29, 0.717) is 0 Å². The van der Waals surface area contributed by atoms with Crippen LogP contribution in [0.1, 0.15) is 5.56 Å². The Hall–Kier alpha value is -2.84. The lowest BCUT2D eigenvalue weighted by atomic mass is 9.97. The van der Waals surface area contributed by atoms with E-state index in [1.54, 1.807) is 8.93 Å². The molecule has 0 unspecified atom stereocenters. The lowest BCUT2D eigenvalue weighted by Gasteiger charge is -2.09. The van der Waals surface area contributed by atoms with Gasteiger partial charge in [-0.3, -0.25) is 4.98 Å². The standard InChI is InChI=1S/C28H17F3INS/c29-28(30,31)25-10-5-18(6-11-25)20-1-2-22-16-23(4-3-21(22)15-20)24-9-14-27(33-17-24)19-7-12-26(34-32)13-8-19/h1-17H. The minimum atomic E-state index is -4.33. The third-order valence-corrected chi connectivity index (χ3v) is 7.70. The largest absolute Gasteiger partial charge is 0.416 e. The van der Waals surface area contributed by atoms with Crippen molar-refractivity contribution in [3.8, 4) is 33.5 Å². The number of pyridine rings is 1. The van der Waals surface area contributed by atoms with Gasteiger partial charge in [-0.15, -0.1) is 0 Å². The predicted molar refractivity (Wildman–Crippen MR) is 143 cm³/mol. The van der Waals surface area contributed by atoms with Crippen LogP contribution >= 0.6 is 30.1 Å². The Labute approximate surface area is 211 Å². The molecule has 0 N–H and O–H groups in total. The van der Waals surface area contributed by atoms with Gasteiger partial charge >= 0.3 is 6.18 Å². The molecule has 5 aromatic rings. The van der Waals surface area contributed by atoms with Crippen LogP contribution in [0.15, 0.2) is 108 Å². The van der Waals surface area contributed by atoms with Crippen LogP contribution in [-0.2, 0) is 6.18 Å². The van der Waals surface area contributed by atoms with E-state index in [1.807, 2.05) is 42.6 Å². The molecule has 5 rings (SSSR count). The quantitative estimate of drug-likeness (QED) is 0.196. The van der Waals surface area contributed by atoms with Gasteiger partial charge in [0.2, 0.25) is 0 Å². The highest BCUT2D eigenvalue weighted by atomic mass is 127. The Morgan fingerprint density at radius 2 is 1.12 bits per heavy atom. The minimum absolute atomic E-state index is 0.641. The van der Waals surface area contributed by atoms with E-state index < -0.39 is 11.7 Å². The minimum Gasteiger partial charge on any atom is -0.256 e. The van der Waals surface area contributed by atoms with Crippen molar-refractivity contribution in [1.82, 2.24) is 4.98 Å². The molecule has 168 valence electrons. The van der Waals surface area contributed by atoms with Gasteiger partial charge in [0.15, 0.2) is 0 Å². The Kier molecular flexibility index (Phi) is 6.36. The van der Waals surface area contributed by atoms with Crippen LogP contribution in [0.2, 0.25) is 0 Å². The van der Waals surface area contributed by atoms with Crippen LogP contribution in [0.4, 0.5) is 13.2 Å². The van der Waals surface area contributed by atoms with E-state index in [1.165, 1.54) is 17.0 Å². The number of benzene rings is 4. The maximum atomic E-state index is 12.8. The van der Waals surface area contributed by atoms with Crippen molar-refractivity contribution in [2.45, 2.75) is 11.1 Å². The third-order valence-electron chi connectivity index (χ3n) is 5.72. The van der Waals surface area contributed by atoms with Crippen molar-refractivity contribution in [1.29, 1.82) is 0 Å². The topological polar surface area (TPSA) is 12.9 Å². The average molecular weight is 583 g/mol. The second-order valence-corrected chi connectivity index (χ2v) is 9.83. The first-order valence-corrected chi connectivity index (χ1v) is 13.8. The summed E-state index contributed by atoms with van der Waals surface area (Å²) in [6.07, 6.45) is -2.45. The van der Waals surface area contributed by atoms with E-state index in [9.17, 15) is 13.2 Å². The Balaban J connectivity index is 1.40. The molecule has 0 aliphatic rings. The first-order chi connectivity index (χ1) is 16.4. The maximum Gasteiger partial charge on any atom is 0.416 e. The summed E-state index contributed by atoms with van der Waals surface area (Å²) in [4.78, 5) is 5.86. The summed E-state index contributed by atoms with van der Waals surface area (Å²) in [5.41, 5.74) is 5.09. The fourth-order valence-electron chi connectivity index (χ4n) is 3.87. The summed E-state index contributed by atoms with van der Waals surface area (Å²) in [5, 5.41) is 2.09. The van der Waals surface area contributed by atoms with Crippen molar-refractivity contribution in [2.24, 2.45) is 0 Å². The Morgan fingerprint density at radius 1 is 0.588 bits per heavy atom. The number of hydrogen-bond donors (Lipinski definition) is 0. The number of fused-ring (bicyclic) bond motifs is 1. The van der Waals surface area contributed by atoms with Gasteiger partial charge in [0.25, 0.3) is 0 Å². The van der Waals surface area contributed by atoms with Crippen LogP contribution in [0.3, 0.4) is 0 Å². The summed E-state index contributed by atoms with van der Waals surface area (Å²) < 4.78 is 38.5. The number of alkyl halides is 3. The second-order valence-electron chi connectivity index (χ2n) is 7.89. The zero-order chi connectivity index (χ0) is 23.7. The van der Waals surface area contributed by atoms with Gasteiger partial charge in [-0.2, -0.15) is 13.2 Å². The zero-order valence-electron chi connectivity index (χ0n) is 17.7. The highest BCUT2D eigenvalue weighted by molar-refractivity contribution is 14.2. The summed E-state index contributed by atoms with van der Waals surface area (Å²) in [7, 11) is 1.68. The van der Waals surface area contributed by atoms with Crippen molar-refractivity contribution in [3.63, 3.8) is 0 Å². The molecule has 1 nitrogen and oxygen atoms in total. The van der Waals surface area contributed by atoms with Gasteiger partial charge < -0.3 is 0 Å². The van der Waals surface area contributed by atoms with Crippen LogP contribution in [-0.4, -0.2) is 4.98 Å². The normalized spacial score (nSPS) is 11.6. The molecule has 4 aromatic carbocycles. The van der Waals surface area contributed by atoms with E-state index in [0.717, 1.165) is 56.4 Å². The molecule has 0 amide bonds. The van der Waals surface area contributed by atoms with Gasteiger partial charge in [0, 0.05) is 43.4 Å². The van der Waals surface area contributed by atoms with E-state index >= 15 is 0 Å². The lowest BCUT2D eigenvalue weighted by molar-refractivity contribution is -0.137. The molecule has 0 spiro atoms. The molecule has 34 heavy (non-hydrogen) atoms. The molecule has 0 saturated carbocycles. The molecule has 0 aliphatic carbocycles. The van der Waals surface area contributed by atoms with Gasteiger partial charge in [-0.1, -0.05) is 63.5 Å². The number of hydrogen-bond acceptors (Lipinski definition) is 2. The van der Waals surface area contributed by atoms with Crippen LogP contribution in [0, 0.1) is 0 Å². The first kappa shape index (κ1) is 22.9. The second kappa shape index (κ2) is 9.43. The SMILES string of the molecule is FC(F)(F)c1ccc(-c2ccc3cc(-c4ccc(-c5ccc(SI)cc5)nc4)ccc3c2)cc1. The van der Waals surface area contributed by atoms with Crippen molar-refractivity contribution in [2.75, 3.05) is 0 Å². The van der Waals surface area contributed by atoms with Crippen molar-refractivity contribution in [3.05, 3.63) is 109 Å². The van der Waals surface area contributed by atoms with Crippen molar-refractivity contribution >= 4 is 40.9 Å². The molecule has 1 heterocycles. The summed E-state index contributed by atoms with van der Waals surface area (Å²) in [6.45, 7) is 0. The molecule has 1 aromatic heterocycles. The van der Waals surface area contributed by atoms with Crippen LogP contribution in [0.5, 0.6) is 0 Å². The molecular formula is C28H17F3INS. The third kappa shape index (κ3) is 4.83. The zero-order valence-corrected chi connectivity index (χ0v) is 20.7. The summed E-state index contributed by atoms with van der Waals surface area (Å²) in [6, 6.07) is 29.8. The van der Waals surface area contributed by atoms with Crippen molar-refractivity contribution < 1.29 is 13.2 Å². The van der Waals surface area contributed by atoms with E-state index in [4.69, 9.17) is 0 Å². The van der Waals surface area contributed by atoms with Gasteiger partial charge in [-0.25, -0.2) is 0 Å². The molecule has 0 bridgehead atoms. The fraction of sp³-hybridized carbons (Fsp3) is 0.0357. The number of rotatable bonds is 4. The highest BCUT2D eigenvalue weighted by Crippen LogP contribution is 2.33. The molecular weight excluding hydrogens is 566 g/mol. The highest BCUT2D eigenvalue weighted by Gasteiger charge is 2.29. The maximum absolute atomic E-state index is 12.8. The molecule has 0 atom stereocenters. The molecule has 6 heteroatoms. The average Bonchev–Trinajstić information content (AvgIpc) is 2.88.